The van der Waals surface area contributed by atoms with E-state index in [-0.39, 0.29) is 0 Å². The largest absolute Gasteiger partial charge is 0.139 e. The number of alkyl halides is 1. The fourth-order valence-corrected chi connectivity index (χ4v) is 1.02. The molecule has 0 atom stereocenters. The molecule has 1 aromatic rings. The molecule has 0 spiro atoms. The van der Waals surface area contributed by atoms with Crippen molar-refractivity contribution in [2.24, 2.45) is 0 Å². The van der Waals surface area contributed by atoms with Gasteiger partial charge in [0.2, 0.25) is 0 Å². The van der Waals surface area contributed by atoms with E-state index in [0.717, 1.165) is 11.0 Å². The minimum Gasteiger partial charge on any atom is -0.139 e. The van der Waals surface area contributed by atoms with E-state index in [1.165, 1.54) is 11.5 Å². The average molecular weight is 205 g/mol. The molecule has 0 saturated carbocycles. The molecule has 2 nitrogen and oxygen atoms in total. The first-order valence-electron chi connectivity index (χ1n) is 2.43. The zero-order valence-electron chi connectivity index (χ0n) is 4.62. The van der Waals surface area contributed by atoms with Crippen molar-refractivity contribution >= 4 is 33.5 Å². The van der Waals surface area contributed by atoms with Crippen molar-refractivity contribution in [3.05, 3.63) is 17.2 Å². The molecule has 0 amide bonds. The van der Waals surface area contributed by atoms with Gasteiger partial charge in [-0.3, -0.25) is 0 Å². The number of hydrogen-bond donors (Lipinski definition) is 0. The lowest BCUT2D eigenvalue weighted by molar-refractivity contribution is 1.14. The Kier molecular flexibility index (Phi) is 2.86. The van der Waals surface area contributed by atoms with Crippen LogP contribution >= 0.6 is 27.5 Å². The third-order valence-corrected chi connectivity index (χ3v) is 1.65. The van der Waals surface area contributed by atoms with Crippen LogP contribution in [0.4, 0.5) is 0 Å². The SMILES string of the molecule is BrC/C=C/c1csnn1. The van der Waals surface area contributed by atoms with Gasteiger partial charge in [-0.05, 0) is 17.6 Å². The Labute approximate surface area is 65.9 Å². The maximum Gasteiger partial charge on any atom is 0.0979 e. The lowest BCUT2D eigenvalue weighted by atomic mass is 10.4. The Morgan fingerprint density at radius 2 is 2.67 bits per heavy atom. The van der Waals surface area contributed by atoms with Gasteiger partial charge in [0.05, 0.1) is 5.69 Å². The zero-order chi connectivity index (χ0) is 6.53. The van der Waals surface area contributed by atoms with E-state index in [1.807, 2.05) is 17.5 Å². The van der Waals surface area contributed by atoms with Gasteiger partial charge in [0.15, 0.2) is 0 Å². The maximum absolute atomic E-state index is 3.81. The third kappa shape index (κ3) is 2.24. The summed E-state index contributed by atoms with van der Waals surface area (Å²) in [5.74, 6) is 0. The highest BCUT2D eigenvalue weighted by atomic mass is 79.9. The second-order valence-corrected chi connectivity index (χ2v) is 2.64. The molecule has 0 aliphatic rings. The summed E-state index contributed by atoms with van der Waals surface area (Å²) in [7, 11) is 0. The van der Waals surface area contributed by atoms with E-state index < -0.39 is 0 Å². The molecule has 0 radical (unpaired) electrons. The standard InChI is InChI=1S/C5H5BrN2S/c6-3-1-2-5-4-9-8-7-5/h1-2,4H,3H2/b2-1+. The Balaban J connectivity index is 2.57. The maximum atomic E-state index is 3.81. The molecular weight excluding hydrogens is 200 g/mol. The predicted octanol–water partition coefficient (Wildman–Crippen LogP) is 1.95. The van der Waals surface area contributed by atoms with E-state index in [9.17, 15) is 0 Å². The number of allylic oxidation sites excluding steroid dienone is 1. The Bertz CT molecular complexity index is 183. The van der Waals surface area contributed by atoms with Crippen molar-refractivity contribution in [2.75, 3.05) is 5.33 Å². The number of aromatic nitrogens is 2. The van der Waals surface area contributed by atoms with Crippen LogP contribution in [0, 0.1) is 0 Å². The second-order valence-electron chi connectivity index (χ2n) is 1.39. The highest BCUT2D eigenvalue weighted by molar-refractivity contribution is 9.09. The van der Waals surface area contributed by atoms with Gasteiger partial charge >= 0.3 is 0 Å². The van der Waals surface area contributed by atoms with Crippen LogP contribution in [0.5, 0.6) is 0 Å². The first kappa shape index (κ1) is 6.89. The summed E-state index contributed by atoms with van der Waals surface area (Å²) in [5, 5.41) is 6.58. The molecule has 0 saturated heterocycles. The van der Waals surface area contributed by atoms with Crippen LogP contribution in [0.1, 0.15) is 5.69 Å². The van der Waals surface area contributed by atoms with Gasteiger partial charge in [-0.1, -0.05) is 26.5 Å². The third-order valence-electron chi connectivity index (χ3n) is 0.755. The van der Waals surface area contributed by atoms with E-state index in [4.69, 9.17) is 0 Å². The molecule has 1 rings (SSSR count). The number of nitrogens with zero attached hydrogens (tertiary/aromatic N) is 2. The lowest BCUT2D eigenvalue weighted by Gasteiger charge is -1.75. The number of hydrogen-bond acceptors (Lipinski definition) is 3. The average Bonchev–Trinajstić information content (AvgIpc) is 2.34. The van der Waals surface area contributed by atoms with Crippen molar-refractivity contribution in [3.63, 3.8) is 0 Å². The van der Waals surface area contributed by atoms with Gasteiger partial charge in [-0.15, -0.1) is 5.10 Å². The molecule has 1 aromatic heterocycles. The zero-order valence-corrected chi connectivity index (χ0v) is 7.02. The normalized spacial score (nSPS) is 10.8. The van der Waals surface area contributed by atoms with E-state index in [2.05, 4.69) is 25.5 Å². The molecule has 0 aliphatic heterocycles. The highest BCUT2D eigenvalue weighted by Gasteiger charge is 1.85. The topological polar surface area (TPSA) is 25.8 Å². The summed E-state index contributed by atoms with van der Waals surface area (Å²) in [6, 6.07) is 0. The first-order valence-corrected chi connectivity index (χ1v) is 4.39. The molecule has 0 bridgehead atoms. The van der Waals surface area contributed by atoms with Crippen LogP contribution in [0.15, 0.2) is 11.5 Å². The smallest absolute Gasteiger partial charge is 0.0979 e. The molecule has 0 unspecified atom stereocenters. The number of rotatable bonds is 2. The van der Waals surface area contributed by atoms with Gasteiger partial charge in [-0.2, -0.15) is 0 Å². The lowest BCUT2D eigenvalue weighted by Crippen LogP contribution is -1.69. The summed E-state index contributed by atoms with van der Waals surface area (Å²) >= 11 is 4.63. The summed E-state index contributed by atoms with van der Waals surface area (Å²) in [6.45, 7) is 0. The van der Waals surface area contributed by atoms with Gasteiger partial charge in [0.1, 0.15) is 0 Å². The minimum absolute atomic E-state index is 0.866. The Hall–Kier alpha value is -0.220. The van der Waals surface area contributed by atoms with E-state index in [1.54, 1.807) is 0 Å². The van der Waals surface area contributed by atoms with Crippen LogP contribution in [-0.4, -0.2) is 14.9 Å². The molecule has 4 heteroatoms. The highest BCUT2D eigenvalue weighted by Crippen LogP contribution is 1.99. The van der Waals surface area contributed by atoms with Gasteiger partial charge in [-0.25, -0.2) is 0 Å². The summed E-state index contributed by atoms with van der Waals surface area (Å²) < 4.78 is 3.70. The van der Waals surface area contributed by atoms with Crippen LogP contribution in [0.2, 0.25) is 0 Å². The minimum atomic E-state index is 0.866. The molecule has 0 N–H and O–H groups in total. The van der Waals surface area contributed by atoms with Crippen molar-refractivity contribution in [1.29, 1.82) is 0 Å². The summed E-state index contributed by atoms with van der Waals surface area (Å²) in [5.41, 5.74) is 0.930. The summed E-state index contributed by atoms with van der Waals surface area (Å²) in [4.78, 5) is 0. The van der Waals surface area contributed by atoms with Crippen molar-refractivity contribution in [2.45, 2.75) is 0 Å². The van der Waals surface area contributed by atoms with Gasteiger partial charge < -0.3 is 0 Å². The van der Waals surface area contributed by atoms with E-state index >= 15 is 0 Å². The monoisotopic (exact) mass is 204 g/mol. The fourth-order valence-electron chi connectivity index (χ4n) is 0.410. The van der Waals surface area contributed by atoms with Crippen LogP contribution in [0.25, 0.3) is 6.08 Å². The molecule has 9 heavy (non-hydrogen) atoms. The molecule has 1 heterocycles. The molecule has 0 aliphatic carbocycles. The van der Waals surface area contributed by atoms with Crippen molar-refractivity contribution < 1.29 is 0 Å². The van der Waals surface area contributed by atoms with E-state index in [0.29, 0.717) is 0 Å². The summed E-state index contributed by atoms with van der Waals surface area (Å²) in [6.07, 6.45) is 3.91. The molecule has 48 valence electrons. The van der Waals surface area contributed by atoms with Crippen molar-refractivity contribution in [3.8, 4) is 0 Å². The Morgan fingerprint density at radius 3 is 3.22 bits per heavy atom. The second kappa shape index (κ2) is 3.74. The van der Waals surface area contributed by atoms with Crippen molar-refractivity contribution in [1.82, 2.24) is 9.59 Å². The predicted molar refractivity (Wildman–Crippen MR) is 42.7 cm³/mol. The fraction of sp³-hybridized carbons (Fsp3) is 0.200. The van der Waals surface area contributed by atoms with Crippen LogP contribution < -0.4 is 0 Å². The molecule has 0 aromatic carbocycles. The molecule has 0 fully saturated rings. The van der Waals surface area contributed by atoms with Gasteiger partial charge in [0.25, 0.3) is 0 Å². The van der Waals surface area contributed by atoms with Crippen LogP contribution in [0.3, 0.4) is 0 Å². The number of halogens is 1. The molecular formula is C5H5BrN2S. The first-order chi connectivity index (χ1) is 4.43. The van der Waals surface area contributed by atoms with Gasteiger partial charge in [0, 0.05) is 10.7 Å². The quantitative estimate of drug-likeness (QED) is 0.689. The van der Waals surface area contributed by atoms with Crippen LogP contribution in [-0.2, 0) is 0 Å². The Morgan fingerprint density at radius 1 is 1.78 bits per heavy atom.